The number of hydrogen-bond donors (Lipinski definition) is 3. The fourth-order valence-electron chi connectivity index (χ4n) is 2.45. The van der Waals surface area contributed by atoms with Crippen molar-refractivity contribution in [2.45, 2.75) is 6.92 Å². The number of H-pyrrole nitrogens is 1. The summed E-state index contributed by atoms with van der Waals surface area (Å²) in [6.45, 7) is 1.98. The number of aromatic nitrogens is 2. The number of rotatable bonds is 5. The van der Waals surface area contributed by atoms with Gasteiger partial charge in [-0.2, -0.15) is 10.2 Å². The van der Waals surface area contributed by atoms with Crippen molar-refractivity contribution >= 4 is 12.1 Å². The molecule has 3 rings (SSSR count). The van der Waals surface area contributed by atoms with Crippen LogP contribution in [-0.2, 0) is 0 Å². The number of methoxy groups -OCH3 is 1. The van der Waals surface area contributed by atoms with Gasteiger partial charge in [0, 0.05) is 5.56 Å². The quantitative estimate of drug-likeness (QED) is 0.487. The molecule has 0 atom stereocenters. The summed E-state index contributed by atoms with van der Waals surface area (Å²) in [7, 11) is 1.47. The van der Waals surface area contributed by atoms with E-state index in [-0.39, 0.29) is 5.75 Å². The molecule has 0 saturated heterocycles. The zero-order valence-electron chi connectivity index (χ0n) is 14.4. The van der Waals surface area contributed by atoms with Gasteiger partial charge in [-0.25, -0.2) is 5.43 Å². The molecular weight excluding hydrogens is 332 g/mol. The first kappa shape index (κ1) is 17.2. The van der Waals surface area contributed by atoms with E-state index in [9.17, 15) is 9.90 Å². The number of aromatic hydroxyl groups is 1. The number of phenolic OH excluding ortho intramolecular Hbond substituents is 1. The molecule has 1 heterocycles. The maximum Gasteiger partial charge on any atom is 0.289 e. The van der Waals surface area contributed by atoms with Crippen molar-refractivity contribution in [1.29, 1.82) is 0 Å². The van der Waals surface area contributed by atoms with Crippen LogP contribution in [0, 0.1) is 6.92 Å². The van der Waals surface area contributed by atoms with Crippen LogP contribution in [0.15, 0.2) is 53.6 Å². The van der Waals surface area contributed by atoms with Crippen molar-refractivity contribution in [3.63, 3.8) is 0 Å². The summed E-state index contributed by atoms with van der Waals surface area (Å²) >= 11 is 0. The number of nitrogens with one attached hydrogen (secondary N) is 2. The molecule has 3 N–H and O–H groups in total. The molecule has 0 aliphatic heterocycles. The third-order valence-corrected chi connectivity index (χ3v) is 3.83. The summed E-state index contributed by atoms with van der Waals surface area (Å²) in [5.74, 6) is -0.0436. The molecule has 132 valence electrons. The number of aromatic amines is 1. The summed E-state index contributed by atoms with van der Waals surface area (Å²) in [5, 5.41) is 20.5. The van der Waals surface area contributed by atoms with Crippen molar-refractivity contribution in [2.75, 3.05) is 7.11 Å². The van der Waals surface area contributed by atoms with Gasteiger partial charge in [0.15, 0.2) is 11.5 Å². The van der Waals surface area contributed by atoms with Gasteiger partial charge in [-0.05, 0) is 42.3 Å². The normalized spacial score (nSPS) is 10.8. The zero-order valence-corrected chi connectivity index (χ0v) is 14.4. The van der Waals surface area contributed by atoms with Crippen LogP contribution in [-0.4, -0.2) is 34.5 Å². The average Bonchev–Trinajstić information content (AvgIpc) is 3.12. The van der Waals surface area contributed by atoms with E-state index in [2.05, 4.69) is 20.7 Å². The minimum absolute atomic E-state index is 0.000725. The number of benzene rings is 2. The third kappa shape index (κ3) is 3.72. The number of hydrogen-bond acceptors (Lipinski definition) is 5. The molecule has 0 unspecified atom stereocenters. The SMILES string of the molecule is COc1ccc(/C=N/NC(=O)c2cc(-c3ccccc3C)n[nH]2)cc1O. The van der Waals surface area contributed by atoms with Crippen LogP contribution in [0.1, 0.15) is 21.6 Å². The first-order chi connectivity index (χ1) is 12.6. The smallest absolute Gasteiger partial charge is 0.289 e. The highest BCUT2D eigenvalue weighted by molar-refractivity contribution is 5.94. The van der Waals surface area contributed by atoms with E-state index in [1.54, 1.807) is 18.2 Å². The Kier molecular flexibility index (Phi) is 4.98. The molecule has 3 aromatic rings. The second-order valence-corrected chi connectivity index (χ2v) is 5.61. The molecule has 0 aliphatic carbocycles. The largest absolute Gasteiger partial charge is 0.504 e. The number of carbonyl (C=O) groups is 1. The topological polar surface area (TPSA) is 99.6 Å². The molecule has 0 saturated carbocycles. The van der Waals surface area contributed by atoms with E-state index in [4.69, 9.17) is 4.74 Å². The fourth-order valence-corrected chi connectivity index (χ4v) is 2.45. The predicted octanol–water partition coefficient (Wildman–Crippen LogP) is 2.86. The van der Waals surface area contributed by atoms with Gasteiger partial charge in [-0.1, -0.05) is 24.3 Å². The first-order valence-corrected chi connectivity index (χ1v) is 7.90. The highest BCUT2D eigenvalue weighted by atomic mass is 16.5. The Morgan fingerprint density at radius 3 is 2.81 bits per heavy atom. The van der Waals surface area contributed by atoms with Crippen molar-refractivity contribution < 1.29 is 14.6 Å². The van der Waals surface area contributed by atoms with Crippen LogP contribution in [0.5, 0.6) is 11.5 Å². The lowest BCUT2D eigenvalue weighted by molar-refractivity contribution is 0.0950. The molecule has 0 spiro atoms. The number of hydrazone groups is 1. The van der Waals surface area contributed by atoms with Gasteiger partial charge in [0.25, 0.3) is 5.91 Å². The van der Waals surface area contributed by atoms with E-state index >= 15 is 0 Å². The lowest BCUT2D eigenvalue weighted by Gasteiger charge is -2.03. The summed E-state index contributed by atoms with van der Waals surface area (Å²) in [6.07, 6.45) is 1.43. The van der Waals surface area contributed by atoms with E-state index in [1.807, 2.05) is 31.2 Å². The lowest BCUT2D eigenvalue weighted by Crippen LogP contribution is -2.18. The van der Waals surface area contributed by atoms with Crippen molar-refractivity contribution in [3.8, 4) is 22.8 Å². The van der Waals surface area contributed by atoms with E-state index in [0.717, 1.165) is 11.1 Å². The number of phenols is 1. The Balaban J connectivity index is 1.67. The van der Waals surface area contributed by atoms with Crippen LogP contribution in [0.2, 0.25) is 0 Å². The zero-order chi connectivity index (χ0) is 18.5. The number of ether oxygens (including phenoxy) is 1. The molecule has 0 bridgehead atoms. The molecule has 0 fully saturated rings. The monoisotopic (exact) mass is 350 g/mol. The number of amides is 1. The average molecular weight is 350 g/mol. The fraction of sp³-hybridized carbons (Fsp3) is 0.105. The maximum atomic E-state index is 12.2. The van der Waals surface area contributed by atoms with Crippen LogP contribution < -0.4 is 10.2 Å². The van der Waals surface area contributed by atoms with Crippen LogP contribution >= 0.6 is 0 Å². The maximum absolute atomic E-state index is 12.2. The van der Waals surface area contributed by atoms with Crippen molar-refractivity contribution in [1.82, 2.24) is 15.6 Å². The molecule has 0 aliphatic rings. The Morgan fingerprint density at radius 2 is 2.08 bits per heavy atom. The predicted molar refractivity (Wildman–Crippen MR) is 98.5 cm³/mol. The molecule has 1 aromatic heterocycles. The van der Waals surface area contributed by atoms with E-state index < -0.39 is 5.91 Å². The summed E-state index contributed by atoms with van der Waals surface area (Å²) in [6, 6.07) is 14.3. The molecule has 26 heavy (non-hydrogen) atoms. The Hall–Kier alpha value is -3.61. The third-order valence-electron chi connectivity index (χ3n) is 3.83. The molecule has 0 radical (unpaired) electrons. The van der Waals surface area contributed by atoms with Gasteiger partial charge < -0.3 is 9.84 Å². The Bertz CT molecular complexity index is 963. The molecule has 7 nitrogen and oxygen atoms in total. The molecular formula is C19H18N4O3. The second-order valence-electron chi connectivity index (χ2n) is 5.61. The van der Waals surface area contributed by atoms with Gasteiger partial charge in [0.2, 0.25) is 0 Å². The number of carbonyl (C=O) groups excluding carboxylic acids is 1. The molecule has 7 heteroatoms. The van der Waals surface area contributed by atoms with Crippen LogP contribution in [0.4, 0.5) is 0 Å². The lowest BCUT2D eigenvalue weighted by atomic mass is 10.1. The standard InChI is InChI=1S/C19H18N4O3/c1-12-5-3-4-6-14(12)15-10-16(22-21-15)19(25)23-20-11-13-7-8-18(26-2)17(24)9-13/h3-11,24H,1-2H3,(H,21,22)(H,23,25)/b20-11+. The van der Waals surface area contributed by atoms with E-state index in [0.29, 0.717) is 22.7 Å². The highest BCUT2D eigenvalue weighted by Crippen LogP contribution is 2.25. The first-order valence-electron chi connectivity index (χ1n) is 7.90. The van der Waals surface area contributed by atoms with Crippen LogP contribution in [0.25, 0.3) is 11.3 Å². The minimum atomic E-state index is -0.411. The van der Waals surface area contributed by atoms with Crippen molar-refractivity contribution in [2.24, 2.45) is 5.10 Å². The van der Waals surface area contributed by atoms with Gasteiger partial charge in [0.1, 0.15) is 5.69 Å². The minimum Gasteiger partial charge on any atom is -0.504 e. The molecule has 1 amide bonds. The second kappa shape index (κ2) is 7.52. The summed E-state index contributed by atoms with van der Waals surface area (Å²) < 4.78 is 4.97. The van der Waals surface area contributed by atoms with Crippen LogP contribution in [0.3, 0.4) is 0 Å². The summed E-state index contributed by atoms with van der Waals surface area (Å²) in [5.41, 5.74) is 6.07. The van der Waals surface area contributed by atoms with Gasteiger partial charge in [-0.15, -0.1) is 0 Å². The van der Waals surface area contributed by atoms with Crippen molar-refractivity contribution in [3.05, 3.63) is 65.4 Å². The Labute approximate surface area is 150 Å². The highest BCUT2D eigenvalue weighted by Gasteiger charge is 2.11. The van der Waals surface area contributed by atoms with E-state index in [1.165, 1.54) is 19.4 Å². The molecule has 2 aromatic carbocycles. The number of nitrogens with zero attached hydrogens (tertiary/aromatic N) is 2. The van der Waals surface area contributed by atoms with Gasteiger partial charge >= 0.3 is 0 Å². The van der Waals surface area contributed by atoms with Gasteiger partial charge in [0.05, 0.1) is 19.0 Å². The summed E-state index contributed by atoms with van der Waals surface area (Å²) in [4.78, 5) is 12.2. The van der Waals surface area contributed by atoms with Gasteiger partial charge in [-0.3, -0.25) is 9.89 Å². The Morgan fingerprint density at radius 1 is 1.27 bits per heavy atom. The number of aryl methyl sites for hydroxylation is 1.